The van der Waals surface area contributed by atoms with E-state index in [1.165, 1.54) is 5.56 Å². The summed E-state index contributed by atoms with van der Waals surface area (Å²) in [6.45, 7) is 2.05. The second kappa shape index (κ2) is 6.57. The first-order valence-corrected chi connectivity index (χ1v) is 5.59. The van der Waals surface area contributed by atoms with Crippen molar-refractivity contribution in [3.05, 3.63) is 59.7 Å². The Bertz CT molecular complexity index is 536. The third-order valence-corrected chi connectivity index (χ3v) is 2.60. The van der Waals surface area contributed by atoms with Crippen LogP contribution in [-0.2, 0) is 0 Å². The van der Waals surface area contributed by atoms with Crippen LogP contribution in [0.3, 0.4) is 0 Å². The standard InChI is InChI=1S/C14H13NO.CH4O/c1-10-5-2-3-8-13(10)11-6-4-7-12(9-11)14(15)16;1-2/h2-9H,1H3,(H2,15,16);2H,1H3. The highest BCUT2D eigenvalue weighted by atomic mass is 16.2. The first-order chi connectivity index (χ1) is 8.68. The quantitative estimate of drug-likeness (QED) is 0.850. The molecule has 0 unspecified atom stereocenters. The molecule has 0 heterocycles. The van der Waals surface area contributed by atoms with E-state index in [2.05, 4.69) is 0 Å². The number of nitrogens with two attached hydrogens (primary N) is 1. The van der Waals surface area contributed by atoms with Crippen molar-refractivity contribution < 1.29 is 9.90 Å². The molecule has 0 atom stereocenters. The maximum absolute atomic E-state index is 11.1. The SMILES string of the molecule is CO.Cc1ccccc1-c1cccc(C(N)=O)c1. The van der Waals surface area contributed by atoms with Crippen LogP contribution >= 0.6 is 0 Å². The van der Waals surface area contributed by atoms with Gasteiger partial charge in [0.05, 0.1) is 0 Å². The van der Waals surface area contributed by atoms with E-state index in [1.807, 2.05) is 49.4 Å². The Balaban J connectivity index is 0.000000771. The largest absolute Gasteiger partial charge is 0.400 e. The molecule has 0 saturated heterocycles. The Morgan fingerprint density at radius 2 is 1.72 bits per heavy atom. The Morgan fingerprint density at radius 1 is 1.06 bits per heavy atom. The van der Waals surface area contributed by atoms with Crippen LogP contribution in [0.1, 0.15) is 15.9 Å². The number of carbonyl (C=O) groups excluding carboxylic acids is 1. The average molecular weight is 243 g/mol. The minimum Gasteiger partial charge on any atom is -0.400 e. The van der Waals surface area contributed by atoms with Crippen LogP contribution in [-0.4, -0.2) is 18.1 Å². The summed E-state index contributed by atoms with van der Waals surface area (Å²) >= 11 is 0. The molecular weight excluding hydrogens is 226 g/mol. The number of aliphatic hydroxyl groups is 1. The summed E-state index contributed by atoms with van der Waals surface area (Å²) < 4.78 is 0. The average Bonchev–Trinajstić information content (AvgIpc) is 2.42. The normalized spacial score (nSPS) is 9.28. The second-order valence-electron chi connectivity index (χ2n) is 3.76. The van der Waals surface area contributed by atoms with Crippen LogP contribution in [0.15, 0.2) is 48.5 Å². The lowest BCUT2D eigenvalue weighted by molar-refractivity contribution is 0.100. The van der Waals surface area contributed by atoms with Gasteiger partial charge in [0.1, 0.15) is 0 Å². The highest BCUT2D eigenvalue weighted by molar-refractivity contribution is 5.94. The van der Waals surface area contributed by atoms with Gasteiger partial charge in [-0.25, -0.2) is 0 Å². The summed E-state index contributed by atoms with van der Waals surface area (Å²) in [6.07, 6.45) is 0. The number of hydrogen-bond donors (Lipinski definition) is 2. The summed E-state index contributed by atoms with van der Waals surface area (Å²) in [6, 6.07) is 15.4. The van der Waals surface area contributed by atoms with E-state index < -0.39 is 5.91 Å². The molecule has 0 radical (unpaired) electrons. The van der Waals surface area contributed by atoms with Gasteiger partial charge in [0.2, 0.25) is 5.91 Å². The van der Waals surface area contributed by atoms with Crippen LogP contribution in [0, 0.1) is 6.92 Å². The van der Waals surface area contributed by atoms with Gasteiger partial charge in [-0.3, -0.25) is 4.79 Å². The molecule has 0 aliphatic heterocycles. The van der Waals surface area contributed by atoms with E-state index in [0.717, 1.165) is 18.2 Å². The molecule has 3 heteroatoms. The molecule has 0 spiro atoms. The molecule has 18 heavy (non-hydrogen) atoms. The summed E-state index contributed by atoms with van der Waals surface area (Å²) in [4.78, 5) is 11.1. The van der Waals surface area contributed by atoms with E-state index >= 15 is 0 Å². The lowest BCUT2D eigenvalue weighted by Gasteiger charge is -2.06. The topological polar surface area (TPSA) is 63.3 Å². The van der Waals surface area contributed by atoms with Crippen LogP contribution in [0.5, 0.6) is 0 Å². The van der Waals surface area contributed by atoms with E-state index in [0.29, 0.717) is 5.56 Å². The molecule has 0 aromatic heterocycles. The van der Waals surface area contributed by atoms with Crippen molar-refractivity contribution in [1.82, 2.24) is 0 Å². The monoisotopic (exact) mass is 243 g/mol. The number of carbonyl (C=O) groups is 1. The number of hydrogen-bond acceptors (Lipinski definition) is 2. The van der Waals surface area contributed by atoms with Crippen molar-refractivity contribution in [3.8, 4) is 11.1 Å². The van der Waals surface area contributed by atoms with Gasteiger partial charge >= 0.3 is 0 Å². The van der Waals surface area contributed by atoms with Crippen LogP contribution in [0.25, 0.3) is 11.1 Å². The van der Waals surface area contributed by atoms with E-state index in [1.54, 1.807) is 6.07 Å². The molecule has 0 fully saturated rings. The molecule has 2 rings (SSSR count). The molecule has 94 valence electrons. The van der Waals surface area contributed by atoms with E-state index in [4.69, 9.17) is 10.8 Å². The van der Waals surface area contributed by atoms with Crippen molar-refractivity contribution in [2.75, 3.05) is 7.11 Å². The van der Waals surface area contributed by atoms with Crippen molar-refractivity contribution in [1.29, 1.82) is 0 Å². The first kappa shape index (κ1) is 13.9. The van der Waals surface area contributed by atoms with Gasteiger partial charge in [0.25, 0.3) is 0 Å². The first-order valence-electron chi connectivity index (χ1n) is 5.59. The molecular formula is C15H17NO2. The molecule has 3 nitrogen and oxygen atoms in total. The Kier molecular flexibility index (Phi) is 5.08. The molecule has 0 aliphatic rings. The minimum absolute atomic E-state index is 0.393. The number of benzene rings is 2. The molecule has 2 aromatic carbocycles. The summed E-state index contributed by atoms with van der Waals surface area (Å²) in [5, 5.41) is 7.00. The van der Waals surface area contributed by atoms with Gasteiger partial charge in [-0.05, 0) is 35.7 Å². The molecule has 3 N–H and O–H groups in total. The van der Waals surface area contributed by atoms with Gasteiger partial charge < -0.3 is 10.8 Å². The fourth-order valence-electron chi connectivity index (χ4n) is 1.74. The molecule has 1 amide bonds. The second-order valence-corrected chi connectivity index (χ2v) is 3.76. The Hall–Kier alpha value is -2.13. The Morgan fingerprint density at radius 3 is 2.33 bits per heavy atom. The number of amides is 1. The maximum Gasteiger partial charge on any atom is 0.248 e. The summed E-state index contributed by atoms with van der Waals surface area (Å²) in [5.41, 5.74) is 9.14. The zero-order chi connectivity index (χ0) is 13.5. The third-order valence-electron chi connectivity index (χ3n) is 2.60. The highest BCUT2D eigenvalue weighted by Crippen LogP contribution is 2.23. The van der Waals surface area contributed by atoms with Crippen molar-refractivity contribution in [2.24, 2.45) is 5.73 Å². The fraction of sp³-hybridized carbons (Fsp3) is 0.133. The minimum atomic E-state index is -0.393. The van der Waals surface area contributed by atoms with Gasteiger partial charge in [0.15, 0.2) is 0 Å². The predicted octanol–water partition coefficient (Wildman–Crippen LogP) is 2.37. The van der Waals surface area contributed by atoms with Crippen molar-refractivity contribution >= 4 is 5.91 Å². The van der Waals surface area contributed by atoms with Crippen molar-refractivity contribution in [3.63, 3.8) is 0 Å². The van der Waals surface area contributed by atoms with Crippen LogP contribution in [0.2, 0.25) is 0 Å². The molecule has 2 aromatic rings. The predicted molar refractivity (Wildman–Crippen MR) is 73.3 cm³/mol. The number of aliphatic hydroxyl groups excluding tert-OH is 1. The zero-order valence-electron chi connectivity index (χ0n) is 10.6. The number of primary amides is 1. The van der Waals surface area contributed by atoms with Gasteiger partial charge in [-0.2, -0.15) is 0 Å². The van der Waals surface area contributed by atoms with Gasteiger partial charge in [-0.15, -0.1) is 0 Å². The third kappa shape index (κ3) is 3.18. The zero-order valence-corrected chi connectivity index (χ0v) is 10.6. The maximum atomic E-state index is 11.1. The molecule has 0 aliphatic carbocycles. The summed E-state index contributed by atoms with van der Waals surface area (Å²) in [7, 11) is 1.00. The van der Waals surface area contributed by atoms with Crippen LogP contribution < -0.4 is 5.73 Å². The molecule has 0 bridgehead atoms. The Labute approximate surface area is 107 Å². The van der Waals surface area contributed by atoms with E-state index in [9.17, 15) is 4.79 Å². The number of aryl methyl sites for hydroxylation is 1. The van der Waals surface area contributed by atoms with Crippen LogP contribution in [0.4, 0.5) is 0 Å². The van der Waals surface area contributed by atoms with Gasteiger partial charge in [-0.1, -0.05) is 36.4 Å². The van der Waals surface area contributed by atoms with E-state index in [-0.39, 0.29) is 0 Å². The van der Waals surface area contributed by atoms with Crippen molar-refractivity contribution in [2.45, 2.75) is 6.92 Å². The number of rotatable bonds is 2. The fourth-order valence-corrected chi connectivity index (χ4v) is 1.74. The summed E-state index contributed by atoms with van der Waals surface area (Å²) in [5.74, 6) is -0.393. The lowest BCUT2D eigenvalue weighted by Crippen LogP contribution is -2.10. The molecule has 0 saturated carbocycles. The smallest absolute Gasteiger partial charge is 0.248 e. The highest BCUT2D eigenvalue weighted by Gasteiger charge is 2.04. The lowest BCUT2D eigenvalue weighted by atomic mass is 9.99. The van der Waals surface area contributed by atoms with Gasteiger partial charge in [0, 0.05) is 12.7 Å².